The van der Waals surface area contributed by atoms with Gasteiger partial charge in [0.2, 0.25) is 5.43 Å². The number of pyridine rings is 1. The van der Waals surface area contributed by atoms with Gasteiger partial charge in [-0.3, -0.25) is 9.59 Å². The van der Waals surface area contributed by atoms with E-state index in [1.54, 1.807) is 0 Å². The molecule has 0 radical (unpaired) electrons. The van der Waals surface area contributed by atoms with Crippen LogP contribution in [-0.2, 0) is 4.79 Å². The van der Waals surface area contributed by atoms with Gasteiger partial charge < -0.3 is 20.3 Å². The number of halogens is 1. The fraction of sp³-hybridized carbons (Fsp3) is 0.421. The predicted octanol–water partition coefficient (Wildman–Crippen LogP) is 1.34. The minimum atomic E-state index is -1.07. The zero-order valence-corrected chi connectivity index (χ0v) is 14.6. The number of carbonyl (C=O) groups is 2. The van der Waals surface area contributed by atoms with Gasteiger partial charge in [-0.25, -0.2) is 9.18 Å². The van der Waals surface area contributed by atoms with Crippen LogP contribution in [0.3, 0.4) is 0 Å². The first-order valence-corrected chi connectivity index (χ1v) is 8.96. The van der Waals surface area contributed by atoms with E-state index >= 15 is 0 Å². The Morgan fingerprint density at radius 2 is 2.00 bits per heavy atom. The molecule has 1 aromatic heterocycles. The van der Waals surface area contributed by atoms with E-state index in [1.165, 1.54) is 29.3 Å². The Labute approximate surface area is 154 Å². The maximum absolute atomic E-state index is 13.9. The molecule has 2 aliphatic rings. The number of aromatic nitrogens is 1. The number of hydrogen-bond donors (Lipinski definition) is 3. The Kier molecular flexibility index (Phi) is 4.22. The molecule has 8 heteroatoms. The van der Waals surface area contributed by atoms with Gasteiger partial charge in [-0.15, -0.1) is 0 Å². The third kappa shape index (κ3) is 2.90. The van der Waals surface area contributed by atoms with E-state index in [2.05, 4.69) is 10.3 Å². The van der Waals surface area contributed by atoms with Crippen molar-refractivity contribution in [2.45, 2.75) is 25.3 Å². The molecule has 1 atom stereocenters. The molecule has 27 heavy (non-hydrogen) atoms. The Hall–Kier alpha value is -2.74. The lowest BCUT2D eigenvalue weighted by Gasteiger charge is -2.33. The molecule has 1 spiro atoms. The van der Waals surface area contributed by atoms with Gasteiger partial charge in [0.25, 0.3) is 5.91 Å². The Morgan fingerprint density at radius 3 is 2.70 bits per heavy atom. The number of fused-ring (bicyclic) bond motifs is 1. The van der Waals surface area contributed by atoms with Crippen molar-refractivity contribution < 1.29 is 19.1 Å². The second kappa shape index (κ2) is 6.45. The van der Waals surface area contributed by atoms with Gasteiger partial charge in [0.15, 0.2) is 0 Å². The number of amides is 1. The highest BCUT2D eigenvalue weighted by atomic mass is 19.1. The van der Waals surface area contributed by atoms with Crippen molar-refractivity contribution >= 4 is 22.8 Å². The van der Waals surface area contributed by atoms with Crippen LogP contribution >= 0.6 is 0 Å². The average molecular weight is 373 g/mol. The quantitative estimate of drug-likeness (QED) is 0.737. The number of carbonyl (C=O) groups excluding carboxylic acids is 1. The van der Waals surface area contributed by atoms with Crippen molar-refractivity contribution in [3.8, 4) is 0 Å². The summed E-state index contributed by atoms with van der Waals surface area (Å²) in [5.41, 5.74) is -0.960. The van der Waals surface area contributed by atoms with E-state index < -0.39 is 29.2 Å². The number of likely N-dealkylation sites (tertiary alicyclic amines) is 1. The molecule has 1 unspecified atom stereocenters. The smallest absolute Gasteiger partial charge is 0.326 e. The first-order chi connectivity index (χ1) is 12.9. The number of H-pyrrole nitrogens is 1. The zero-order chi connectivity index (χ0) is 19.2. The van der Waals surface area contributed by atoms with Gasteiger partial charge in [-0.05, 0) is 49.9 Å². The average Bonchev–Trinajstić information content (AvgIpc) is 3.02. The van der Waals surface area contributed by atoms with Gasteiger partial charge in [-0.2, -0.15) is 0 Å². The maximum Gasteiger partial charge on any atom is 0.326 e. The highest BCUT2D eigenvalue weighted by Crippen LogP contribution is 2.42. The van der Waals surface area contributed by atoms with Crippen molar-refractivity contribution in [1.29, 1.82) is 0 Å². The van der Waals surface area contributed by atoms with Crippen LogP contribution in [-0.4, -0.2) is 52.5 Å². The van der Waals surface area contributed by atoms with E-state index in [0.717, 1.165) is 25.9 Å². The molecule has 142 valence electrons. The lowest BCUT2D eigenvalue weighted by Crippen LogP contribution is -2.43. The summed E-state index contributed by atoms with van der Waals surface area (Å²) in [5, 5.41) is 12.9. The maximum atomic E-state index is 13.9. The number of nitrogens with zero attached hydrogens (tertiary/aromatic N) is 1. The van der Waals surface area contributed by atoms with Crippen molar-refractivity contribution in [3.05, 3.63) is 46.0 Å². The third-order valence-electron chi connectivity index (χ3n) is 5.81. The minimum absolute atomic E-state index is 0.0325. The zero-order valence-electron chi connectivity index (χ0n) is 14.6. The highest BCUT2D eigenvalue weighted by molar-refractivity contribution is 5.99. The van der Waals surface area contributed by atoms with Crippen LogP contribution in [0.5, 0.6) is 0 Å². The van der Waals surface area contributed by atoms with E-state index in [0.29, 0.717) is 13.0 Å². The number of benzene rings is 1. The molecule has 3 heterocycles. The molecule has 7 nitrogen and oxygen atoms in total. The molecule has 2 fully saturated rings. The molecule has 0 bridgehead atoms. The van der Waals surface area contributed by atoms with Gasteiger partial charge in [0.05, 0.1) is 5.52 Å². The second-order valence-corrected chi connectivity index (χ2v) is 7.44. The first-order valence-electron chi connectivity index (χ1n) is 8.96. The summed E-state index contributed by atoms with van der Waals surface area (Å²) in [6.45, 7) is 1.87. The number of hydrogen-bond acceptors (Lipinski definition) is 4. The van der Waals surface area contributed by atoms with Crippen LogP contribution < -0.4 is 10.7 Å². The second-order valence-electron chi connectivity index (χ2n) is 7.44. The predicted molar refractivity (Wildman–Crippen MR) is 96.1 cm³/mol. The molecule has 2 aromatic rings. The first kappa shape index (κ1) is 17.7. The lowest BCUT2D eigenvalue weighted by molar-refractivity contribution is -0.141. The third-order valence-corrected chi connectivity index (χ3v) is 5.81. The fourth-order valence-corrected chi connectivity index (χ4v) is 4.34. The Morgan fingerprint density at radius 1 is 1.26 bits per heavy atom. The van der Waals surface area contributed by atoms with E-state index in [-0.39, 0.29) is 21.9 Å². The monoisotopic (exact) mass is 373 g/mol. The van der Waals surface area contributed by atoms with Gasteiger partial charge in [0, 0.05) is 18.1 Å². The van der Waals surface area contributed by atoms with E-state index in [4.69, 9.17) is 0 Å². The van der Waals surface area contributed by atoms with Crippen molar-refractivity contribution in [2.75, 3.05) is 19.6 Å². The van der Waals surface area contributed by atoms with E-state index in [9.17, 15) is 23.9 Å². The number of para-hydroxylation sites is 1. The molecule has 1 aromatic carbocycles. The fourth-order valence-electron chi connectivity index (χ4n) is 4.34. The molecule has 1 amide bonds. The van der Waals surface area contributed by atoms with Crippen LogP contribution in [0, 0.1) is 11.2 Å². The summed E-state index contributed by atoms with van der Waals surface area (Å²) < 4.78 is 13.9. The highest BCUT2D eigenvalue weighted by Gasteiger charge is 2.49. The van der Waals surface area contributed by atoms with Crippen molar-refractivity contribution in [2.24, 2.45) is 5.41 Å². The molecular weight excluding hydrogens is 353 g/mol. The number of piperidine rings is 1. The van der Waals surface area contributed by atoms with Crippen LogP contribution in [0.25, 0.3) is 10.9 Å². The number of carboxylic acids is 1. The summed E-state index contributed by atoms with van der Waals surface area (Å²) in [5.74, 6) is -2.27. The van der Waals surface area contributed by atoms with Crippen molar-refractivity contribution in [1.82, 2.24) is 15.2 Å². The Bertz CT molecular complexity index is 981. The molecular formula is C19H20FN3O4. The number of aromatic amines is 1. The van der Waals surface area contributed by atoms with Crippen LogP contribution in [0.1, 0.15) is 29.6 Å². The molecule has 3 N–H and O–H groups in total. The molecule has 0 aliphatic carbocycles. The standard InChI is InChI=1S/C19H20FN3O4/c20-13-3-1-2-11-15(13)22-9-12(16(11)24)17(25)23-10-19(4-6-21-7-5-19)8-14(23)18(26)27/h1-3,9,14,21H,4-8,10H2,(H,22,24)(H,26,27). The van der Waals surface area contributed by atoms with Crippen molar-refractivity contribution in [3.63, 3.8) is 0 Å². The summed E-state index contributed by atoms with van der Waals surface area (Å²) >= 11 is 0. The Balaban J connectivity index is 1.73. The number of aliphatic carboxylic acids is 1. The summed E-state index contributed by atoms with van der Waals surface area (Å²) in [6, 6.07) is 3.11. The normalized spacial score (nSPS) is 21.7. The number of rotatable bonds is 2. The lowest BCUT2D eigenvalue weighted by atomic mass is 9.77. The van der Waals surface area contributed by atoms with Gasteiger partial charge >= 0.3 is 5.97 Å². The number of nitrogens with one attached hydrogen (secondary N) is 2. The molecule has 2 aliphatic heterocycles. The van der Waals surface area contributed by atoms with E-state index in [1.807, 2.05) is 0 Å². The summed E-state index contributed by atoms with van der Waals surface area (Å²) in [6.07, 6.45) is 3.15. The molecule has 2 saturated heterocycles. The largest absolute Gasteiger partial charge is 0.480 e. The van der Waals surface area contributed by atoms with Crippen LogP contribution in [0.15, 0.2) is 29.2 Å². The molecule has 4 rings (SSSR count). The summed E-state index contributed by atoms with van der Waals surface area (Å²) in [7, 11) is 0. The SMILES string of the molecule is O=C(O)C1CC2(CCNCC2)CN1C(=O)c1c[nH]c2c(F)cccc2c1=O. The minimum Gasteiger partial charge on any atom is -0.480 e. The van der Waals surface area contributed by atoms with Gasteiger partial charge in [0.1, 0.15) is 17.4 Å². The van der Waals surface area contributed by atoms with Crippen LogP contribution in [0.2, 0.25) is 0 Å². The van der Waals surface area contributed by atoms with Crippen LogP contribution in [0.4, 0.5) is 4.39 Å². The molecule has 0 saturated carbocycles. The topological polar surface area (TPSA) is 102 Å². The van der Waals surface area contributed by atoms with Gasteiger partial charge in [-0.1, -0.05) is 6.07 Å². The number of carboxylic acid groups (broad SMARTS) is 1. The summed E-state index contributed by atoms with van der Waals surface area (Å²) in [4.78, 5) is 41.5.